The van der Waals surface area contributed by atoms with E-state index in [4.69, 9.17) is 10.5 Å². The Kier molecular flexibility index (Phi) is 5.31. The second-order valence-electron chi connectivity index (χ2n) is 4.78. The van der Waals surface area contributed by atoms with Crippen LogP contribution in [-0.4, -0.2) is 7.11 Å². The van der Waals surface area contributed by atoms with E-state index in [9.17, 15) is 8.78 Å². The van der Waals surface area contributed by atoms with Crippen LogP contribution >= 0.6 is 15.9 Å². The van der Waals surface area contributed by atoms with Crippen molar-refractivity contribution in [2.45, 2.75) is 18.9 Å². The van der Waals surface area contributed by atoms with Crippen molar-refractivity contribution >= 4 is 15.9 Å². The maximum Gasteiger partial charge on any atom is 0.132 e. The van der Waals surface area contributed by atoms with Gasteiger partial charge >= 0.3 is 0 Å². The highest BCUT2D eigenvalue weighted by atomic mass is 79.9. The summed E-state index contributed by atoms with van der Waals surface area (Å²) in [5.41, 5.74) is 6.91. The molecule has 2 aromatic rings. The molecule has 0 aliphatic rings. The number of nitrogens with two attached hydrogens (primary N) is 1. The fourth-order valence-electron chi connectivity index (χ4n) is 2.17. The normalized spacial score (nSPS) is 12.2. The molecule has 0 heterocycles. The molecule has 2 rings (SSSR count). The van der Waals surface area contributed by atoms with Crippen molar-refractivity contribution in [1.29, 1.82) is 0 Å². The molecule has 5 heteroatoms. The number of aryl methyl sites for hydroxylation is 1. The van der Waals surface area contributed by atoms with Crippen LogP contribution in [0.25, 0.3) is 0 Å². The molecule has 0 aliphatic heterocycles. The lowest BCUT2D eigenvalue weighted by Gasteiger charge is -2.14. The lowest BCUT2D eigenvalue weighted by Crippen LogP contribution is -2.15. The SMILES string of the molecule is COc1ccc(CCC(N)c2c(F)cc(Br)cc2F)cc1. The summed E-state index contributed by atoms with van der Waals surface area (Å²) in [4.78, 5) is 0. The number of hydrogen-bond donors (Lipinski definition) is 1. The summed E-state index contributed by atoms with van der Waals surface area (Å²) < 4.78 is 33.1. The van der Waals surface area contributed by atoms with Gasteiger partial charge in [-0.15, -0.1) is 0 Å². The highest BCUT2D eigenvalue weighted by Gasteiger charge is 2.17. The largest absolute Gasteiger partial charge is 0.497 e. The molecule has 0 spiro atoms. The minimum absolute atomic E-state index is 0.0632. The van der Waals surface area contributed by atoms with Crippen LogP contribution in [0, 0.1) is 11.6 Å². The lowest BCUT2D eigenvalue weighted by atomic mass is 9.99. The second-order valence-corrected chi connectivity index (χ2v) is 5.69. The van der Waals surface area contributed by atoms with Crippen molar-refractivity contribution in [3.05, 3.63) is 63.6 Å². The summed E-state index contributed by atoms with van der Waals surface area (Å²) in [6.45, 7) is 0. The second kappa shape index (κ2) is 7.00. The van der Waals surface area contributed by atoms with Crippen LogP contribution in [0.2, 0.25) is 0 Å². The van der Waals surface area contributed by atoms with Gasteiger partial charge in [0.2, 0.25) is 0 Å². The Balaban J connectivity index is 2.06. The molecule has 0 saturated carbocycles. The zero-order valence-electron chi connectivity index (χ0n) is 11.6. The molecule has 0 radical (unpaired) electrons. The Hall–Kier alpha value is -1.46. The molecule has 1 unspecified atom stereocenters. The lowest BCUT2D eigenvalue weighted by molar-refractivity contribution is 0.414. The highest BCUT2D eigenvalue weighted by Crippen LogP contribution is 2.26. The number of methoxy groups -OCH3 is 1. The molecule has 21 heavy (non-hydrogen) atoms. The highest BCUT2D eigenvalue weighted by molar-refractivity contribution is 9.10. The van der Waals surface area contributed by atoms with Gasteiger partial charge in [0.15, 0.2) is 0 Å². The first-order valence-electron chi connectivity index (χ1n) is 6.54. The first-order chi connectivity index (χ1) is 10.0. The Morgan fingerprint density at radius 1 is 1.14 bits per heavy atom. The summed E-state index contributed by atoms with van der Waals surface area (Å²) in [6.07, 6.45) is 1.10. The molecule has 1 atom stereocenters. The first-order valence-corrected chi connectivity index (χ1v) is 7.33. The van der Waals surface area contributed by atoms with Crippen molar-refractivity contribution < 1.29 is 13.5 Å². The van der Waals surface area contributed by atoms with Crippen molar-refractivity contribution in [2.75, 3.05) is 7.11 Å². The van der Waals surface area contributed by atoms with E-state index in [0.717, 1.165) is 11.3 Å². The van der Waals surface area contributed by atoms with Gasteiger partial charge in [-0.2, -0.15) is 0 Å². The number of hydrogen-bond acceptors (Lipinski definition) is 2. The van der Waals surface area contributed by atoms with E-state index in [1.807, 2.05) is 24.3 Å². The van der Waals surface area contributed by atoms with Gasteiger partial charge in [-0.3, -0.25) is 0 Å². The van der Waals surface area contributed by atoms with Crippen LogP contribution in [0.5, 0.6) is 5.75 Å². The monoisotopic (exact) mass is 355 g/mol. The zero-order chi connectivity index (χ0) is 15.4. The van der Waals surface area contributed by atoms with Crippen molar-refractivity contribution in [3.63, 3.8) is 0 Å². The quantitative estimate of drug-likeness (QED) is 0.864. The molecular weight excluding hydrogens is 340 g/mol. The van der Waals surface area contributed by atoms with Gasteiger partial charge < -0.3 is 10.5 Å². The summed E-state index contributed by atoms with van der Waals surface area (Å²) in [5, 5.41) is 0. The number of ether oxygens (including phenoxy) is 1. The van der Waals surface area contributed by atoms with Crippen LogP contribution in [0.1, 0.15) is 23.6 Å². The maximum atomic E-state index is 13.8. The van der Waals surface area contributed by atoms with Gasteiger partial charge in [0.05, 0.1) is 7.11 Å². The Bertz CT molecular complexity index is 593. The van der Waals surface area contributed by atoms with Crippen LogP contribution in [0.3, 0.4) is 0 Å². The molecule has 0 fully saturated rings. The van der Waals surface area contributed by atoms with E-state index >= 15 is 0 Å². The Labute approximate surface area is 131 Å². The van der Waals surface area contributed by atoms with E-state index in [2.05, 4.69) is 15.9 Å². The summed E-state index contributed by atoms with van der Waals surface area (Å²) in [7, 11) is 1.60. The standard InChI is InChI=1S/C16H16BrF2NO/c1-21-12-5-2-10(3-6-12)4-7-15(20)16-13(18)8-11(17)9-14(16)19/h2-3,5-6,8-9,15H,4,7,20H2,1H3. The van der Waals surface area contributed by atoms with Gasteiger partial charge in [0.1, 0.15) is 17.4 Å². The van der Waals surface area contributed by atoms with Crippen LogP contribution in [0.15, 0.2) is 40.9 Å². The van der Waals surface area contributed by atoms with Gasteiger partial charge in [0.25, 0.3) is 0 Å². The van der Waals surface area contributed by atoms with E-state index in [1.54, 1.807) is 7.11 Å². The van der Waals surface area contributed by atoms with E-state index in [0.29, 0.717) is 17.3 Å². The number of benzene rings is 2. The van der Waals surface area contributed by atoms with Gasteiger partial charge in [-0.25, -0.2) is 8.78 Å². The van der Waals surface area contributed by atoms with E-state index in [1.165, 1.54) is 12.1 Å². The average molecular weight is 356 g/mol. The molecular formula is C16H16BrF2NO. The molecule has 0 bridgehead atoms. The molecule has 0 aliphatic carbocycles. The predicted octanol–water partition coefficient (Wildman–Crippen LogP) is 4.37. The first kappa shape index (κ1) is 15.9. The third kappa shape index (κ3) is 4.02. The number of halogens is 3. The Morgan fingerprint density at radius 3 is 2.24 bits per heavy atom. The summed E-state index contributed by atoms with van der Waals surface area (Å²) in [5.74, 6) is -0.471. The molecule has 0 saturated heterocycles. The van der Waals surface area contributed by atoms with Crippen molar-refractivity contribution in [3.8, 4) is 5.75 Å². The molecule has 0 amide bonds. The molecule has 0 aromatic heterocycles. The zero-order valence-corrected chi connectivity index (χ0v) is 13.2. The van der Waals surface area contributed by atoms with Crippen molar-refractivity contribution in [1.82, 2.24) is 0 Å². The van der Waals surface area contributed by atoms with Crippen LogP contribution in [0.4, 0.5) is 8.78 Å². The fourth-order valence-corrected chi connectivity index (χ4v) is 2.57. The van der Waals surface area contributed by atoms with Crippen LogP contribution < -0.4 is 10.5 Å². The third-order valence-corrected chi connectivity index (χ3v) is 3.78. The maximum absolute atomic E-state index is 13.8. The average Bonchev–Trinajstić information content (AvgIpc) is 2.44. The van der Waals surface area contributed by atoms with Gasteiger partial charge in [-0.1, -0.05) is 28.1 Å². The topological polar surface area (TPSA) is 35.2 Å². The number of rotatable bonds is 5. The van der Waals surface area contributed by atoms with E-state index in [-0.39, 0.29) is 5.56 Å². The minimum atomic E-state index is -0.680. The molecule has 2 aromatic carbocycles. The minimum Gasteiger partial charge on any atom is -0.497 e. The van der Waals surface area contributed by atoms with Crippen molar-refractivity contribution in [2.24, 2.45) is 5.73 Å². The molecule has 2 nitrogen and oxygen atoms in total. The summed E-state index contributed by atoms with van der Waals surface area (Å²) >= 11 is 3.05. The molecule has 112 valence electrons. The van der Waals surface area contributed by atoms with Gasteiger partial charge in [0, 0.05) is 16.1 Å². The van der Waals surface area contributed by atoms with Gasteiger partial charge in [-0.05, 0) is 42.7 Å². The fraction of sp³-hybridized carbons (Fsp3) is 0.250. The summed E-state index contributed by atoms with van der Waals surface area (Å²) in [6, 6.07) is 9.31. The third-order valence-electron chi connectivity index (χ3n) is 3.32. The predicted molar refractivity (Wildman–Crippen MR) is 82.3 cm³/mol. The Morgan fingerprint density at radius 2 is 1.71 bits per heavy atom. The van der Waals surface area contributed by atoms with E-state index < -0.39 is 17.7 Å². The smallest absolute Gasteiger partial charge is 0.132 e. The molecule has 2 N–H and O–H groups in total. The van der Waals surface area contributed by atoms with Crippen LogP contribution in [-0.2, 0) is 6.42 Å².